The lowest BCUT2D eigenvalue weighted by Crippen LogP contribution is -2.38. The van der Waals surface area contributed by atoms with E-state index in [2.05, 4.69) is 41.3 Å². The van der Waals surface area contributed by atoms with Crippen LogP contribution in [-0.4, -0.2) is 70.5 Å². The molecule has 8 rings (SSSR count). The van der Waals surface area contributed by atoms with Crippen LogP contribution in [0.15, 0.2) is 90.0 Å². The van der Waals surface area contributed by atoms with Crippen LogP contribution in [0.3, 0.4) is 0 Å². The largest absolute Gasteiger partial charge is 0.497 e. The fourth-order valence-electron chi connectivity index (χ4n) is 8.07. The van der Waals surface area contributed by atoms with E-state index in [1.807, 2.05) is 71.3 Å². The van der Waals surface area contributed by atoms with E-state index in [1.165, 1.54) is 19.3 Å². The van der Waals surface area contributed by atoms with Crippen molar-refractivity contribution in [3.63, 3.8) is 0 Å². The molecule has 3 aliphatic rings. The van der Waals surface area contributed by atoms with Gasteiger partial charge in [0.15, 0.2) is 11.2 Å². The van der Waals surface area contributed by atoms with Crippen molar-refractivity contribution in [1.82, 2.24) is 19.5 Å². The molecule has 12 nitrogen and oxygen atoms in total. The van der Waals surface area contributed by atoms with Crippen LogP contribution in [0.25, 0.3) is 11.2 Å². The number of ether oxygens (including phenoxy) is 4. The Morgan fingerprint density at radius 1 is 0.982 bits per heavy atom. The van der Waals surface area contributed by atoms with Gasteiger partial charge in [0, 0.05) is 17.7 Å². The smallest absolute Gasteiger partial charge is 0.280 e. The summed E-state index contributed by atoms with van der Waals surface area (Å²) in [5.41, 5.74) is -0.777. The average Bonchev–Trinajstić information content (AvgIpc) is 3.93. The minimum absolute atomic E-state index is 0.00524. The highest BCUT2D eigenvalue weighted by Crippen LogP contribution is 2.74. The monoisotopic (exact) mass is 831 g/mol. The molecular weight excluding hydrogens is 782 g/mol. The van der Waals surface area contributed by atoms with E-state index in [0.717, 1.165) is 41.0 Å². The molecule has 1 spiro atoms. The zero-order chi connectivity index (χ0) is 39.6. The highest BCUT2D eigenvalue weighted by molar-refractivity contribution is 8.68. The summed E-state index contributed by atoms with van der Waals surface area (Å²) in [6.45, 7) is 5.56. The second-order valence-corrected chi connectivity index (χ2v) is 21.9. The summed E-state index contributed by atoms with van der Waals surface area (Å²) in [6, 6.07) is 26.1. The van der Waals surface area contributed by atoms with Gasteiger partial charge in [-0.15, -0.1) is 0 Å². The Morgan fingerprint density at radius 2 is 1.63 bits per heavy atom. The Labute approximate surface area is 342 Å². The van der Waals surface area contributed by atoms with Crippen molar-refractivity contribution in [2.45, 2.75) is 81.2 Å². The van der Waals surface area contributed by atoms with Crippen molar-refractivity contribution < 1.29 is 28.0 Å². The van der Waals surface area contributed by atoms with Crippen molar-refractivity contribution >= 4 is 46.0 Å². The number of nitrogens with zero attached hydrogens (tertiary/aromatic N) is 3. The number of methoxy groups -OCH3 is 2. The molecule has 2 saturated heterocycles. The number of fused-ring (bicyclic) bond motifs is 1. The standard InChI is InChI=1S/C42H50N5O7PS2/c1-28(2)24-43-40-45-38-37(39(48)46-40)44-27-47(38)36-23-34(54-55(56)52-26-41(57-55)21-9-6-10-22-41)35(53-36)25-51-42(29-11-7-5-8-12-29,30-13-17-32(49-3)18-14-30)31-15-19-33(50-4)20-16-31/h5,7-8,11-20,27-28,34-36H,6,9-10,21-26H2,1-4H3,(H2,43,45,46,48)/t34-,35+,36+,55?/m0/s1. The van der Waals surface area contributed by atoms with E-state index in [1.54, 1.807) is 31.9 Å². The molecule has 5 aromatic rings. The Bertz CT molecular complexity index is 2200. The second kappa shape index (κ2) is 16.8. The number of aromatic nitrogens is 4. The molecule has 0 radical (unpaired) electrons. The summed E-state index contributed by atoms with van der Waals surface area (Å²) in [7, 11) is 3.31. The van der Waals surface area contributed by atoms with Gasteiger partial charge in [-0.3, -0.25) is 14.3 Å². The van der Waals surface area contributed by atoms with Crippen LogP contribution in [0, 0.1) is 5.92 Å². The summed E-state index contributed by atoms with van der Waals surface area (Å²) >= 11 is 8.00. The topological polar surface area (TPSA) is 131 Å². The number of hydrogen-bond donors (Lipinski definition) is 2. The van der Waals surface area contributed by atoms with Crippen molar-refractivity contribution in [3.8, 4) is 11.5 Å². The Morgan fingerprint density at radius 3 is 2.26 bits per heavy atom. The van der Waals surface area contributed by atoms with Gasteiger partial charge in [0.2, 0.25) is 11.6 Å². The van der Waals surface area contributed by atoms with Gasteiger partial charge in [0.05, 0.1) is 39.9 Å². The van der Waals surface area contributed by atoms with E-state index in [4.69, 9.17) is 44.8 Å². The third kappa shape index (κ3) is 8.28. The summed E-state index contributed by atoms with van der Waals surface area (Å²) in [6.07, 6.45) is 6.11. The predicted molar refractivity (Wildman–Crippen MR) is 227 cm³/mol. The minimum atomic E-state index is -2.75. The van der Waals surface area contributed by atoms with Crippen LogP contribution in [0.2, 0.25) is 0 Å². The quantitative estimate of drug-likeness (QED) is 0.0821. The van der Waals surface area contributed by atoms with E-state index in [0.29, 0.717) is 37.1 Å². The third-order valence-corrected chi connectivity index (χ3v) is 16.8. The molecule has 3 aromatic carbocycles. The maximum Gasteiger partial charge on any atom is 0.280 e. The zero-order valence-electron chi connectivity index (χ0n) is 32.7. The van der Waals surface area contributed by atoms with Crippen LogP contribution < -0.4 is 20.3 Å². The van der Waals surface area contributed by atoms with Crippen molar-refractivity contribution in [1.29, 1.82) is 0 Å². The van der Waals surface area contributed by atoms with E-state index in [9.17, 15) is 4.79 Å². The van der Waals surface area contributed by atoms with Crippen LogP contribution in [0.5, 0.6) is 11.5 Å². The second-order valence-electron chi connectivity index (χ2n) is 15.4. The summed E-state index contributed by atoms with van der Waals surface area (Å²) in [4.78, 5) is 25.3. The molecule has 2 aromatic heterocycles. The molecule has 3 fully saturated rings. The zero-order valence-corrected chi connectivity index (χ0v) is 35.2. The fraction of sp³-hybridized carbons (Fsp3) is 0.452. The lowest BCUT2D eigenvalue weighted by molar-refractivity contribution is -0.0900. The molecule has 0 amide bonds. The maximum absolute atomic E-state index is 13.2. The van der Waals surface area contributed by atoms with Crippen LogP contribution >= 0.6 is 17.1 Å². The first kappa shape index (κ1) is 40.0. The van der Waals surface area contributed by atoms with Crippen LogP contribution in [-0.2, 0) is 35.9 Å². The van der Waals surface area contributed by atoms with E-state index >= 15 is 0 Å². The molecule has 15 heteroatoms. The van der Waals surface area contributed by atoms with Gasteiger partial charge < -0.3 is 33.3 Å². The highest BCUT2D eigenvalue weighted by atomic mass is 32.9. The van der Waals surface area contributed by atoms with Crippen molar-refractivity contribution in [2.24, 2.45) is 5.92 Å². The molecule has 2 N–H and O–H groups in total. The van der Waals surface area contributed by atoms with Gasteiger partial charge in [-0.25, -0.2) is 4.98 Å². The normalized spacial score (nSPS) is 23.4. The molecule has 302 valence electrons. The lowest BCUT2D eigenvalue weighted by atomic mass is 9.80. The number of rotatable bonds is 14. The molecule has 57 heavy (non-hydrogen) atoms. The average molecular weight is 832 g/mol. The van der Waals surface area contributed by atoms with E-state index < -0.39 is 29.7 Å². The number of hydrogen-bond acceptors (Lipinski definition) is 12. The number of nitrogens with one attached hydrogen (secondary N) is 2. The first-order valence-corrected chi connectivity index (χ1v) is 23.7. The fourth-order valence-corrected chi connectivity index (χ4v) is 15.1. The van der Waals surface area contributed by atoms with Crippen LogP contribution in [0.4, 0.5) is 5.95 Å². The summed E-state index contributed by atoms with van der Waals surface area (Å²) in [5, 5.41) is 3.24. The molecule has 0 bridgehead atoms. The molecular formula is C42H50N5O7PS2. The summed E-state index contributed by atoms with van der Waals surface area (Å²) in [5.74, 6) is 2.20. The van der Waals surface area contributed by atoms with Gasteiger partial charge in [-0.1, -0.05) is 99.1 Å². The van der Waals surface area contributed by atoms with Gasteiger partial charge >= 0.3 is 0 Å². The van der Waals surface area contributed by atoms with Crippen LogP contribution in [0.1, 0.15) is 75.3 Å². The lowest BCUT2D eigenvalue weighted by Gasteiger charge is -2.37. The number of benzene rings is 3. The minimum Gasteiger partial charge on any atom is -0.497 e. The summed E-state index contributed by atoms with van der Waals surface area (Å²) < 4.78 is 40.7. The number of anilines is 1. The molecule has 4 atom stereocenters. The van der Waals surface area contributed by atoms with Gasteiger partial charge in [0.25, 0.3) is 5.56 Å². The molecule has 4 heterocycles. The SMILES string of the molecule is COc1ccc(C(OC[C@H]2O[C@@H](n3cnc4c(=O)[nH]c(NCC(C)C)nc43)C[C@@H]2OP2(=S)OCC3(CCCCC3)S2)(c2ccccc2)c2ccc(OC)cc2)cc1. The molecule has 1 aliphatic carbocycles. The predicted octanol–water partition coefficient (Wildman–Crippen LogP) is 8.58. The van der Waals surface area contributed by atoms with Gasteiger partial charge in [-0.2, -0.15) is 4.98 Å². The Balaban J connectivity index is 1.17. The molecule has 2 aliphatic heterocycles. The Kier molecular flexibility index (Phi) is 11.8. The number of H-pyrrole nitrogens is 1. The van der Waals surface area contributed by atoms with Gasteiger partial charge in [0.1, 0.15) is 29.4 Å². The van der Waals surface area contributed by atoms with Crippen molar-refractivity contribution in [3.05, 3.63) is 112 Å². The van der Waals surface area contributed by atoms with Crippen molar-refractivity contribution in [2.75, 3.05) is 39.3 Å². The number of imidazole rings is 1. The third-order valence-electron chi connectivity index (χ3n) is 11.1. The van der Waals surface area contributed by atoms with E-state index in [-0.39, 0.29) is 22.4 Å². The van der Waals surface area contributed by atoms with Gasteiger partial charge in [-0.05, 0) is 71.5 Å². The number of aromatic amines is 1. The first-order valence-electron chi connectivity index (χ1n) is 19.6. The maximum atomic E-state index is 13.2. The first-order chi connectivity index (χ1) is 27.6. The Hall–Kier alpha value is -3.75. The molecule has 1 unspecified atom stereocenters. The highest BCUT2D eigenvalue weighted by Gasteiger charge is 2.50. The molecule has 1 saturated carbocycles.